The molecule has 0 unspecified atom stereocenters. The topological polar surface area (TPSA) is 85.2 Å². The number of benzene rings is 2. The SMILES string of the molecule is CCOc1ccc(OCCCC(=O)N2CCN(c3ccc([N+](=O)[O-])cc3)CC2)cc1. The summed E-state index contributed by atoms with van der Waals surface area (Å²) in [6.45, 7) is 5.79. The van der Waals surface area contributed by atoms with Gasteiger partial charge in [0.05, 0.1) is 18.1 Å². The van der Waals surface area contributed by atoms with Crippen LogP contribution in [0.1, 0.15) is 19.8 Å². The predicted molar refractivity (Wildman–Crippen MR) is 114 cm³/mol. The van der Waals surface area contributed by atoms with Crippen LogP contribution in [0.3, 0.4) is 0 Å². The van der Waals surface area contributed by atoms with Crippen molar-refractivity contribution >= 4 is 17.3 Å². The number of nitro benzene ring substituents is 1. The zero-order valence-electron chi connectivity index (χ0n) is 17.2. The van der Waals surface area contributed by atoms with Crippen molar-refractivity contribution in [1.29, 1.82) is 0 Å². The summed E-state index contributed by atoms with van der Waals surface area (Å²) >= 11 is 0. The van der Waals surface area contributed by atoms with Crippen LogP contribution in [0, 0.1) is 10.1 Å². The van der Waals surface area contributed by atoms with Crippen LogP contribution < -0.4 is 14.4 Å². The molecule has 0 radical (unpaired) electrons. The van der Waals surface area contributed by atoms with Gasteiger partial charge < -0.3 is 19.3 Å². The number of nitrogens with zero attached hydrogens (tertiary/aromatic N) is 3. The van der Waals surface area contributed by atoms with Crippen LogP contribution in [0.5, 0.6) is 11.5 Å². The summed E-state index contributed by atoms with van der Waals surface area (Å²) in [4.78, 5) is 26.8. The summed E-state index contributed by atoms with van der Waals surface area (Å²) in [7, 11) is 0. The fraction of sp³-hybridized carbons (Fsp3) is 0.409. The molecular weight excluding hydrogens is 386 g/mol. The Morgan fingerprint density at radius 1 is 0.967 bits per heavy atom. The summed E-state index contributed by atoms with van der Waals surface area (Å²) in [5.74, 6) is 1.71. The standard InChI is InChI=1S/C22H27N3O5/c1-2-29-20-9-11-21(12-10-20)30-17-3-4-22(26)24-15-13-23(14-16-24)18-5-7-19(8-6-18)25(27)28/h5-12H,2-4,13-17H2,1H3. The minimum absolute atomic E-state index is 0.0834. The summed E-state index contributed by atoms with van der Waals surface area (Å²) in [6, 6.07) is 14.0. The number of carbonyl (C=O) groups is 1. The third kappa shape index (κ3) is 5.85. The number of hydrogen-bond acceptors (Lipinski definition) is 6. The first-order chi connectivity index (χ1) is 14.6. The minimum atomic E-state index is -0.403. The van der Waals surface area contributed by atoms with Crippen LogP contribution in [0.4, 0.5) is 11.4 Å². The molecule has 1 heterocycles. The van der Waals surface area contributed by atoms with Crippen molar-refractivity contribution in [3.63, 3.8) is 0 Å². The van der Waals surface area contributed by atoms with E-state index in [1.54, 1.807) is 12.1 Å². The van der Waals surface area contributed by atoms with Crippen molar-refractivity contribution in [1.82, 2.24) is 4.90 Å². The van der Waals surface area contributed by atoms with Crippen LogP contribution >= 0.6 is 0 Å². The Hall–Kier alpha value is -3.29. The average molecular weight is 413 g/mol. The molecule has 0 aliphatic carbocycles. The van der Waals surface area contributed by atoms with Crippen molar-refractivity contribution in [2.24, 2.45) is 0 Å². The van der Waals surface area contributed by atoms with Gasteiger partial charge in [-0.2, -0.15) is 0 Å². The van der Waals surface area contributed by atoms with Crippen molar-refractivity contribution in [2.75, 3.05) is 44.3 Å². The first-order valence-electron chi connectivity index (χ1n) is 10.2. The Labute approximate surface area is 176 Å². The van der Waals surface area contributed by atoms with Gasteiger partial charge in [-0.3, -0.25) is 14.9 Å². The zero-order chi connectivity index (χ0) is 21.3. The minimum Gasteiger partial charge on any atom is -0.494 e. The van der Waals surface area contributed by atoms with Gasteiger partial charge in [0.15, 0.2) is 0 Å². The van der Waals surface area contributed by atoms with Gasteiger partial charge in [0, 0.05) is 50.4 Å². The van der Waals surface area contributed by atoms with Gasteiger partial charge >= 0.3 is 0 Å². The summed E-state index contributed by atoms with van der Waals surface area (Å²) < 4.78 is 11.1. The molecule has 0 saturated carbocycles. The highest BCUT2D eigenvalue weighted by Crippen LogP contribution is 2.21. The summed E-state index contributed by atoms with van der Waals surface area (Å²) in [6.07, 6.45) is 1.11. The van der Waals surface area contributed by atoms with Gasteiger partial charge in [0.25, 0.3) is 5.69 Å². The number of piperazine rings is 1. The average Bonchev–Trinajstić information content (AvgIpc) is 2.78. The van der Waals surface area contributed by atoms with Crippen molar-refractivity contribution in [3.05, 3.63) is 58.6 Å². The molecule has 2 aromatic carbocycles. The second kappa shape index (κ2) is 10.5. The highest BCUT2D eigenvalue weighted by atomic mass is 16.6. The monoisotopic (exact) mass is 413 g/mol. The maximum atomic E-state index is 12.4. The van der Waals surface area contributed by atoms with Crippen LogP contribution in [0.15, 0.2) is 48.5 Å². The number of anilines is 1. The van der Waals surface area contributed by atoms with Crippen molar-refractivity contribution in [3.8, 4) is 11.5 Å². The van der Waals surface area contributed by atoms with E-state index in [0.717, 1.165) is 17.2 Å². The fourth-order valence-corrected chi connectivity index (χ4v) is 3.37. The Bertz CT molecular complexity index is 831. The van der Waals surface area contributed by atoms with Gasteiger partial charge in [-0.25, -0.2) is 0 Å². The molecule has 160 valence electrons. The Balaban J connectivity index is 1.36. The van der Waals surface area contributed by atoms with E-state index in [1.807, 2.05) is 36.1 Å². The molecule has 1 fully saturated rings. The molecule has 0 spiro atoms. The zero-order valence-corrected chi connectivity index (χ0v) is 17.2. The molecular formula is C22H27N3O5. The van der Waals surface area contributed by atoms with Crippen LogP contribution in [-0.2, 0) is 4.79 Å². The van der Waals surface area contributed by atoms with Gasteiger partial charge in [-0.1, -0.05) is 0 Å². The molecule has 1 aliphatic heterocycles. The van der Waals surface area contributed by atoms with E-state index in [0.29, 0.717) is 52.2 Å². The first-order valence-corrected chi connectivity index (χ1v) is 10.2. The van der Waals surface area contributed by atoms with E-state index in [4.69, 9.17) is 9.47 Å². The maximum absolute atomic E-state index is 12.4. The second-order valence-corrected chi connectivity index (χ2v) is 7.00. The van der Waals surface area contributed by atoms with E-state index in [2.05, 4.69) is 4.90 Å². The number of amides is 1. The molecule has 0 bridgehead atoms. The van der Waals surface area contributed by atoms with E-state index < -0.39 is 4.92 Å². The quantitative estimate of drug-likeness (QED) is 0.355. The predicted octanol–water partition coefficient (Wildman–Crippen LogP) is 3.50. The number of ether oxygens (including phenoxy) is 2. The fourth-order valence-electron chi connectivity index (χ4n) is 3.37. The summed E-state index contributed by atoms with van der Waals surface area (Å²) in [5, 5.41) is 10.8. The highest BCUT2D eigenvalue weighted by molar-refractivity contribution is 5.76. The third-order valence-electron chi connectivity index (χ3n) is 5.00. The molecule has 1 amide bonds. The second-order valence-electron chi connectivity index (χ2n) is 7.00. The molecule has 2 aromatic rings. The first kappa shape index (κ1) is 21.4. The third-order valence-corrected chi connectivity index (χ3v) is 5.00. The van der Waals surface area contributed by atoms with Crippen LogP contribution in [0.2, 0.25) is 0 Å². The lowest BCUT2D eigenvalue weighted by Crippen LogP contribution is -2.48. The molecule has 30 heavy (non-hydrogen) atoms. The molecule has 8 heteroatoms. The lowest BCUT2D eigenvalue weighted by molar-refractivity contribution is -0.384. The van der Waals surface area contributed by atoms with E-state index in [9.17, 15) is 14.9 Å². The number of rotatable bonds is 9. The Morgan fingerprint density at radius 2 is 1.57 bits per heavy atom. The van der Waals surface area contributed by atoms with Gasteiger partial charge in [-0.05, 0) is 49.7 Å². The van der Waals surface area contributed by atoms with Crippen molar-refractivity contribution in [2.45, 2.75) is 19.8 Å². The van der Waals surface area contributed by atoms with Gasteiger partial charge in [-0.15, -0.1) is 0 Å². The molecule has 8 nitrogen and oxygen atoms in total. The smallest absolute Gasteiger partial charge is 0.269 e. The van der Waals surface area contributed by atoms with Gasteiger partial charge in [0.1, 0.15) is 11.5 Å². The lowest BCUT2D eigenvalue weighted by Gasteiger charge is -2.36. The number of nitro groups is 1. The maximum Gasteiger partial charge on any atom is 0.269 e. The van der Waals surface area contributed by atoms with Gasteiger partial charge in [0.2, 0.25) is 5.91 Å². The number of non-ortho nitro benzene ring substituents is 1. The number of carbonyl (C=O) groups excluding carboxylic acids is 1. The molecule has 3 rings (SSSR count). The molecule has 0 atom stereocenters. The van der Waals surface area contributed by atoms with Crippen LogP contribution in [-0.4, -0.2) is 55.1 Å². The molecule has 1 aliphatic rings. The van der Waals surface area contributed by atoms with E-state index >= 15 is 0 Å². The number of hydrogen-bond donors (Lipinski definition) is 0. The largest absolute Gasteiger partial charge is 0.494 e. The lowest BCUT2D eigenvalue weighted by atomic mass is 10.2. The summed E-state index contributed by atoms with van der Waals surface area (Å²) in [5.41, 5.74) is 1.02. The normalized spacial score (nSPS) is 13.8. The molecule has 0 N–H and O–H groups in total. The molecule has 0 aromatic heterocycles. The van der Waals surface area contributed by atoms with E-state index in [1.165, 1.54) is 12.1 Å². The Morgan fingerprint density at radius 3 is 2.13 bits per heavy atom. The van der Waals surface area contributed by atoms with Crippen molar-refractivity contribution < 1.29 is 19.2 Å². The Kier molecular flexibility index (Phi) is 7.48. The molecule has 1 saturated heterocycles. The van der Waals surface area contributed by atoms with E-state index in [-0.39, 0.29) is 11.6 Å². The highest BCUT2D eigenvalue weighted by Gasteiger charge is 2.21. The van der Waals surface area contributed by atoms with Crippen LogP contribution in [0.25, 0.3) is 0 Å².